The zero-order valence-electron chi connectivity index (χ0n) is 14.7. The molecule has 1 aliphatic heterocycles. The van der Waals surface area contributed by atoms with Gasteiger partial charge in [0.1, 0.15) is 6.04 Å². The van der Waals surface area contributed by atoms with Gasteiger partial charge in [0.25, 0.3) is 11.8 Å². The van der Waals surface area contributed by atoms with E-state index in [2.05, 4.69) is 24.7 Å². The van der Waals surface area contributed by atoms with Crippen molar-refractivity contribution < 1.29 is 14.4 Å². The Bertz CT molecular complexity index is 816. The largest absolute Gasteiger partial charge is 0.287 e. The van der Waals surface area contributed by atoms with Gasteiger partial charge in [-0.1, -0.05) is 44.2 Å². The monoisotopic (exact) mass is 351 g/mol. The number of imide groups is 1. The third-order valence-corrected chi connectivity index (χ3v) is 4.36. The topological polar surface area (TPSA) is 78.5 Å². The van der Waals surface area contributed by atoms with Gasteiger partial charge in [0.05, 0.1) is 12.1 Å². The van der Waals surface area contributed by atoms with E-state index >= 15 is 0 Å². The van der Waals surface area contributed by atoms with E-state index in [4.69, 9.17) is 0 Å². The SMILES string of the molecule is CC(C)c1ccc(N2C(=O)CC(NNC(=O)c3ccccc3)C2=O)cc1. The van der Waals surface area contributed by atoms with Crippen LogP contribution in [0.2, 0.25) is 0 Å². The summed E-state index contributed by atoms with van der Waals surface area (Å²) in [5.41, 5.74) is 7.33. The predicted molar refractivity (Wildman–Crippen MR) is 98.5 cm³/mol. The molecule has 2 aromatic carbocycles. The second kappa shape index (κ2) is 7.49. The summed E-state index contributed by atoms with van der Waals surface area (Å²) in [5.74, 6) is -0.651. The van der Waals surface area contributed by atoms with E-state index in [-0.39, 0.29) is 24.1 Å². The first kappa shape index (κ1) is 17.8. The van der Waals surface area contributed by atoms with Crippen LogP contribution in [0.3, 0.4) is 0 Å². The average molecular weight is 351 g/mol. The lowest BCUT2D eigenvalue weighted by molar-refractivity contribution is -0.121. The highest BCUT2D eigenvalue weighted by molar-refractivity contribution is 6.22. The van der Waals surface area contributed by atoms with Crippen molar-refractivity contribution in [2.45, 2.75) is 32.2 Å². The summed E-state index contributed by atoms with van der Waals surface area (Å²) < 4.78 is 0. The van der Waals surface area contributed by atoms with Crippen LogP contribution in [0.1, 0.15) is 42.1 Å². The smallest absolute Gasteiger partial charge is 0.265 e. The molecular formula is C20H21N3O3. The second-order valence-corrected chi connectivity index (χ2v) is 6.53. The minimum atomic E-state index is -0.778. The standard InChI is InChI=1S/C20H21N3O3/c1-13(2)14-8-10-16(11-9-14)23-18(24)12-17(20(23)26)21-22-19(25)15-6-4-3-5-7-15/h3-11,13,17,21H,12H2,1-2H3,(H,22,25). The highest BCUT2D eigenvalue weighted by atomic mass is 16.2. The van der Waals surface area contributed by atoms with Gasteiger partial charge < -0.3 is 0 Å². The lowest BCUT2D eigenvalue weighted by atomic mass is 10.0. The van der Waals surface area contributed by atoms with Gasteiger partial charge in [0, 0.05) is 5.56 Å². The minimum Gasteiger partial charge on any atom is -0.287 e. The summed E-state index contributed by atoms with van der Waals surface area (Å²) in [7, 11) is 0. The maximum absolute atomic E-state index is 12.6. The normalized spacial score (nSPS) is 17.0. The fraction of sp³-hybridized carbons (Fsp3) is 0.250. The van der Waals surface area contributed by atoms with Gasteiger partial charge in [-0.05, 0) is 35.7 Å². The van der Waals surface area contributed by atoms with Gasteiger partial charge >= 0.3 is 0 Å². The molecule has 2 N–H and O–H groups in total. The summed E-state index contributed by atoms with van der Waals surface area (Å²) in [6, 6.07) is 15.3. The van der Waals surface area contributed by atoms with Crippen LogP contribution in [-0.2, 0) is 9.59 Å². The molecule has 2 aromatic rings. The number of benzene rings is 2. The molecule has 1 heterocycles. The van der Waals surface area contributed by atoms with Crippen molar-refractivity contribution in [2.24, 2.45) is 0 Å². The molecule has 3 rings (SSSR count). The van der Waals surface area contributed by atoms with Crippen LogP contribution < -0.4 is 15.8 Å². The van der Waals surface area contributed by atoms with E-state index < -0.39 is 6.04 Å². The Balaban J connectivity index is 1.66. The summed E-state index contributed by atoms with van der Waals surface area (Å²) in [4.78, 5) is 38.1. The molecule has 1 atom stereocenters. The molecule has 0 saturated carbocycles. The van der Waals surface area contributed by atoms with Gasteiger partial charge in [-0.15, -0.1) is 0 Å². The maximum atomic E-state index is 12.6. The quantitative estimate of drug-likeness (QED) is 0.640. The van der Waals surface area contributed by atoms with Crippen LogP contribution in [0, 0.1) is 0 Å². The zero-order chi connectivity index (χ0) is 18.7. The van der Waals surface area contributed by atoms with Crippen molar-refractivity contribution in [3.8, 4) is 0 Å². The lowest BCUT2D eigenvalue weighted by Gasteiger charge is -2.17. The molecule has 3 amide bonds. The van der Waals surface area contributed by atoms with Crippen molar-refractivity contribution in [3.63, 3.8) is 0 Å². The van der Waals surface area contributed by atoms with Crippen molar-refractivity contribution in [1.82, 2.24) is 10.9 Å². The average Bonchev–Trinajstić information content (AvgIpc) is 2.94. The Labute approximate surface area is 152 Å². The molecule has 0 radical (unpaired) electrons. The first-order valence-corrected chi connectivity index (χ1v) is 8.55. The molecule has 6 heteroatoms. The van der Waals surface area contributed by atoms with E-state index in [1.807, 2.05) is 18.2 Å². The molecule has 1 aliphatic rings. The number of carbonyl (C=O) groups is 3. The van der Waals surface area contributed by atoms with Crippen LogP contribution in [0.15, 0.2) is 54.6 Å². The molecule has 1 saturated heterocycles. The summed E-state index contributed by atoms with van der Waals surface area (Å²) >= 11 is 0. The van der Waals surface area contributed by atoms with E-state index in [1.54, 1.807) is 36.4 Å². The van der Waals surface area contributed by atoms with Gasteiger partial charge in [-0.2, -0.15) is 0 Å². The van der Waals surface area contributed by atoms with Gasteiger partial charge in [-0.25, -0.2) is 10.3 Å². The first-order chi connectivity index (χ1) is 12.5. The zero-order valence-corrected chi connectivity index (χ0v) is 14.7. The molecule has 1 unspecified atom stereocenters. The van der Waals surface area contributed by atoms with Crippen LogP contribution in [0.4, 0.5) is 5.69 Å². The van der Waals surface area contributed by atoms with Crippen molar-refractivity contribution in [3.05, 3.63) is 65.7 Å². The molecule has 0 aromatic heterocycles. The third kappa shape index (κ3) is 3.65. The number of carbonyl (C=O) groups excluding carboxylic acids is 3. The number of hydrazine groups is 1. The fourth-order valence-electron chi connectivity index (χ4n) is 2.84. The van der Waals surface area contributed by atoms with Crippen molar-refractivity contribution in [1.29, 1.82) is 0 Å². The molecule has 1 fully saturated rings. The molecule has 6 nitrogen and oxygen atoms in total. The predicted octanol–water partition coefficient (Wildman–Crippen LogP) is 2.38. The number of anilines is 1. The number of hydrogen-bond acceptors (Lipinski definition) is 4. The lowest BCUT2D eigenvalue weighted by Crippen LogP contribution is -2.48. The Morgan fingerprint density at radius 2 is 1.69 bits per heavy atom. The fourth-order valence-corrected chi connectivity index (χ4v) is 2.84. The Hall–Kier alpha value is -2.99. The van der Waals surface area contributed by atoms with E-state index in [1.165, 1.54) is 0 Å². The van der Waals surface area contributed by atoms with E-state index in [0.29, 0.717) is 17.2 Å². The second-order valence-electron chi connectivity index (χ2n) is 6.53. The summed E-state index contributed by atoms with van der Waals surface area (Å²) in [6.07, 6.45) is -0.000164. The van der Waals surface area contributed by atoms with Crippen LogP contribution in [0.25, 0.3) is 0 Å². The van der Waals surface area contributed by atoms with Gasteiger partial charge in [0.2, 0.25) is 5.91 Å². The third-order valence-electron chi connectivity index (χ3n) is 4.36. The highest BCUT2D eigenvalue weighted by Crippen LogP contribution is 2.25. The number of rotatable bonds is 5. The maximum Gasteiger partial charge on any atom is 0.265 e. The molecule has 134 valence electrons. The number of hydrogen-bond donors (Lipinski definition) is 2. The summed E-state index contributed by atoms with van der Waals surface area (Å²) in [6.45, 7) is 4.16. The molecule has 0 bridgehead atoms. The Morgan fingerprint density at radius 3 is 2.31 bits per heavy atom. The number of nitrogens with zero attached hydrogens (tertiary/aromatic N) is 1. The molecule has 0 aliphatic carbocycles. The minimum absolute atomic E-state index is 0.000164. The number of nitrogens with one attached hydrogen (secondary N) is 2. The van der Waals surface area contributed by atoms with Crippen molar-refractivity contribution in [2.75, 3.05) is 4.90 Å². The Morgan fingerprint density at radius 1 is 1.04 bits per heavy atom. The molecule has 0 spiro atoms. The first-order valence-electron chi connectivity index (χ1n) is 8.55. The molecular weight excluding hydrogens is 330 g/mol. The van der Waals surface area contributed by atoms with Gasteiger partial charge in [0.15, 0.2) is 0 Å². The van der Waals surface area contributed by atoms with Gasteiger partial charge in [-0.3, -0.25) is 19.8 Å². The van der Waals surface area contributed by atoms with Crippen LogP contribution in [0.5, 0.6) is 0 Å². The van der Waals surface area contributed by atoms with Crippen LogP contribution in [-0.4, -0.2) is 23.8 Å². The highest BCUT2D eigenvalue weighted by Gasteiger charge is 2.39. The summed E-state index contributed by atoms with van der Waals surface area (Å²) in [5, 5.41) is 0. The number of amides is 3. The van der Waals surface area contributed by atoms with Crippen molar-refractivity contribution >= 4 is 23.4 Å². The van der Waals surface area contributed by atoms with E-state index in [9.17, 15) is 14.4 Å². The Kier molecular flexibility index (Phi) is 5.14. The molecule has 26 heavy (non-hydrogen) atoms. The van der Waals surface area contributed by atoms with Crippen LogP contribution >= 0.6 is 0 Å². The van der Waals surface area contributed by atoms with E-state index in [0.717, 1.165) is 10.5 Å².